The normalized spacial score (nSPS) is 32.9. The zero-order chi connectivity index (χ0) is 14.0. The van der Waals surface area contributed by atoms with Crippen molar-refractivity contribution in [3.63, 3.8) is 0 Å². The lowest BCUT2D eigenvalue weighted by Gasteiger charge is -2.21. The Kier molecular flexibility index (Phi) is 4.68. The highest BCUT2D eigenvalue weighted by atomic mass is 32.2. The molecule has 0 radical (unpaired) electrons. The van der Waals surface area contributed by atoms with Crippen LogP contribution in [0.5, 0.6) is 0 Å². The molecule has 2 bridgehead atoms. The molecule has 116 valence electrons. The summed E-state index contributed by atoms with van der Waals surface area (Å²) in [4.78, 5) is 0. The zero-order valence-corrected chi connectivity index (χ0v) is 13.1. The summed E-state index contributed by atoms with van der Waals surface area (Å²) >= 11 is 0. The third kappa shape index (κ3) is 4.18. The summed E-state index contributed by atoms with van der Waals surface area (Å²) < 4.78 is 26.8. The number of fused-ring (bicyclic) bond motifs is 2. The second kappa shape index (κ2) is 6.32. The fraction of sp³-hybridized carbons (Fsp3) is 1.00. The topological polar surface area (TPSA) is 58.2 Å². The molecule has 5 heteroatoms. The fourth-order valence-electron chi connectivity index (χ4n) is 3.94. The first-order valence-corrected chi connectivity index (χ1v) is 9.98. The molecule has 3 atom stereocenters. The van der Waals surface area contributed by atoms with Gasteiger partial charge in [-0.25, -0.2) is 13.1 Å². The van der Waals surface area contributed by atoms with Gasteiger partial charge in [0.15, 0.2) is 0 Å². The minimum absolute atomic E-state index is 0.292. The van der Waals surface area contributed by atoms with Crippen molar-refractivity contribution in [3.05, 3.63) is 0 Å². The monoisotopic (exact) mass is 300 g/mol. The van der Waals surface area contributed by atoms with E-state index < -0.39 is 10.0 Å². The van der Waals surface area contributed by atoms with Gasteiger partial charge in [0.2, 0.25) is 10.0 Å². The standard InChI is InChI=1S/C15H28N2O2S/c18-20(19,8-2-1-7-16-15-5-6-15)17-11-14-10-12-3-4-13(14)9-12/h12-17H,1-11H2. The number of hydrogen-bond acceptors (Lipinski definition) is 3. The van der Waals surface area contributed by atoms with Crippen LogP contribution in [0, 0.1) is 17.8 Å². The predicted molar refractivity (Wildman–Crippen MR) is 81.0 cm³/mol. The Bertz CT molecular complexity index is 420. The van der Waals surface area contributed by atoms with Gasteiger partial charge in [0.25, 0.3) is 0 Å². The number of rotatable bonds is 9. The second-order valence-electron chi connectivity index (χ2n) is 7.04. The van der Waals surface area contributed by atoms with Gasteiger partial charge in [-0.1, -0.05) is 6.42 Å². The van der Waals surface area contributed by atoms with Crippen LogP contribution in [-0.4, -0.2) is 33.3 Å². The van der Waals surface area contributed by atoms with E-state index in [1.165, 1.54) is 38.5 Å². The molecule has 3 aliphatic carbocycles. The van der Waals surface area contributed by atoms with E-state index in [-0.39, 0.29) is 0 Å². The minimum Gasteiger partial charge on any atom is -0.314 e. The van der Waals surface area contributed by atoms with Crippen LogP contribution >= 0.6 is 0 Å². The maximum atomic E-state index is 12.0. The molecular weight excluding hydrogens is 272 g/mol. The maximum Gasteiger partial charge on any atom is 0.211 e. The molecule has 3 aliphatic rings. The van der Waals surface area contributed by atoms with Gasteiger partial charge in [0, 0.05) is 12.6 Å². The summed E-state index contributed by atoms with van der Waals surface area (Å²) in [5, 5.41) is 3.42. The fourth-order valence-corrected chi connectivity index (χ4v) is 5.14. The Hall–Kier alpha value is -0.130. The van der Waals surface area contributed by atoms with Gasteiger partial charge in [0.05, 0.1) is 5.75 Å². The molecule has 0 amide bonds. The maximum absolute atomic E-state index is 12.0. The minimum atomic E-state index is -3.05. The van der Waals surface area contributed by atoms with Crippen molar-refractivity contribution in [2.24, 2.45) is 17.8 Å². The molecule has 0 aliphatic heterocycles. The van der Waals surface area contributed by atoms with Crippen molar-refractivity contribution in [2.75, 3.05) is 18.8 Å². The summed E-state index contributed by atoms with van der Waals surface area (Å²) in [5.74, 6) is 2.59. The predicted octanol–water partition coefficient (Wildman–Crippen LogP) is 1.87. The molecule has 0 heterocycles. The van der Waals surface area contributed by atoms with Gasteiger partial charge >= 0.3 is 0 Å². The number of unbranched alkanes of at least 4 members (excludes halogenated alkanes) is 1. The Morgan fingerprint density at radius 2 is 1.85 bits per heavy atom. The molecule has 3 unspecified atom stereocenters. The van der Waals surface area contributed by atoms with Crippen molar-refractivity contribution in [1.29, 1.82) is 0 Å². The van der Waals surface area contributed by atoms with Crippen LogP contribution < -0.4 is 10.0 Å². The second-order valence-corrected chi connectivity index (χ2v) is 8.96. The largest absolute Gasteiger partial charge is 0.314 e. The third-order valence-corrected chi connectivity index (χ3v) is 6.73. The van der Waals surface area contributed by atoms with Gasteiger partial charge in [0.1, 0.15) is 0 Å². The number of hydrogen-bond donors (Lipinski definition) is 2. The highest BCUT2D eigenvalue weighted by molar-refractivity contribution is 7.89. The Labute approximate surface area is 123 Å². The van der Waals surface area contributed by atoms with Crippen LogP contribution in [0.25, 0.3) is 0 Å². The van der Waals surface area contributed by atoms with Crippen molar-refractivity contribution in [1.82, 2.24) is 10.0 Å². The third-order valence-electron chi connectivity index (χ3n) is 5.30. The van der Waals surface area contributed by atoms with Crippen LogP contribution in [0.1, 0.15) is 51.4 Å². The molecule has 3 rings (SSSR count). The van der Waals surface area contributed by atoms with E-state index in [0.717, 1.165) is 37.3 Å². The molecular formula is C15H28N2O2S. The van der Waals surface area contributed by atoms with Crippen molar-refractivity contribution < 1.29 is 8.42 Å². The van der Waals surface area contributed by atoms with Crippen molar-refractivity contribution >= 4 is 10.0 Å². The van der Waals surface area contributed by atoms with E-state index >= 15 is 0 Å². The molecule has 4 nitrogen and oxygen atoms in total. The van der Waals surface area contributed by atoms with E-state index in [0.29, 0.717) is 18.2 Å². The first-order valence-electron chi connectivity index (χ1n) is 8.33. The number of sulfonamides is 1. The van der Waals surface area contributed by atoms with Gasteiger partial charge < -0.3 is 5.32 Å². The molecule has 0 spiro atoms. The van der Waals surface area contributed by atoms with Crippen LogP contribution in [0.2, 0.25) is 0 Å². The zero-order valence-electron chi connectivity index (χ0n) is 12.3. The molecule has 0 aromatic heterocycles. The lowest BCUT2D eigenvalue weighted by atomic mass is 9.89. The van der Waals surface area contributed by atoms with Gasteiger partial charge in [-0.15, -0.1) is 0 Å². The van der Waals surface area contributed by atoms with E-state index in [2.05, 4.69) is 10.0 Å². The van der Waals surface area contributed by atoms with E-state index in [4.69, 9.17) is 0 Å². The average molecular weight is 300 g/mol. The molecule has 0 aromatic rings. The molecule has 3 fully saturated rings. The van der Waals surface area contributed by atoms with Crippen LogP contribution in [-0.2, 0) is 10.0 Å². The van der Waals surface area contributed by atoms with Gasteiger partial charge in [-0.05, 0) is 69.2 Å². The molecule has 3 saturated carbocycles. The quantitative estimate of drug-likeness (QED) is 0.639. The van der Waals surface area contributed by atoms with Crippen LogP contribution in [0.3, 0.4) is 0 Å². The Balaban J connectivity index is 1.29. The summed E-state index contributed by atoms with van der Waals surface area (Å²) in [6.07, 6.45) is 9.62. The Morgan fingerprint density at radius 3 is 2.50 bits per heavy atom. The first-order chi connectivity index (χ1) is 9.62. The van der Waals surface area contributed by atoms with E-state index in [1.807, 2.05) is 0 Å². The Morgan fingerprint density at radius 1 is 1.00 bits per heavy atom. The highest BCUT2D eigenvalue weighted by Gasteiger charge is 2.39. The molecule has 2 N–H and O–H groups in total. The highest BCUT2D eigenvalue weighted by Crippen LogP contribution is 2.47. The molecule has 20 heavy (non-hydrogen) atoms. The van der Waals surface area contributed by atoms with Crippen molar-refractivity contribution in [3.8, 4) is 0 Å². The summed E-state index contributed by atoms with van der Waals surface area (Å²) in [6.45, 7) is 1.65. The van der Waals surface area contributed by atoms with Crippen molar-refractivity contribution in [2.45, 2.75) is 57.4 Å². The van der Waals surface area contributed by atoms with Crippen LogP contribution in [0.4, 0.5) is 0 Å². The SMILES string of the molecule is O=S(=O)(CCCCNC1CC1)NCC1CC2CCC1C2. The van der Waals surface area contributed by atoms with Gasteiger partial charge in [-0.3, -0.25) is 0 Å². The summed E-state index contributed by atoms with van der Waals surface area (Å²) in [7, 11) is -3.05. The first kappa shape index (κ1) is 14.8. The van der Waals surface area contributed by atoms with E-state index in [9.17, 15) is 8.42 Å². The summed E-state index contributed by atoms with van der Waals surface area (Å²) in [5.41, 5.74) is 0. The molecule has 0 saturated heterocycles. The smallest absolute Gasteiger partial charge is 0.211 e. The van der Waals surface area contributed by atoms with E-state index in [1.54, 1.807) is 0 Å². The lowest BCUT2D eigenvalue weighted by molar-refractivity contribution is 0.332. The lowest BCUT2D eigenvalue weighted by Crippen LogP contribution is -2.33. The van der Waals surface area contributed by atoms with Crippen LogP contribution in [0.15, 0.2) is 0 Å². The summed E-state index contributed by atoms with van der Waals surface area (Å²) in [6, 6.07) is 0.725. The number of nitrogens with one attached hydrogen (secondary N) is 2. The average Bonchev–Trinajstić information content (AvgIpc) is 3.00. The van der Waals surface area contributed by atoms with Gasteiger partial charge in [-0.2, -0.15) is 0 Å². The molecule has 0 aromatic carbocycles.